The van der Waals surface area contributed by atoms with Crippen LogP contribution in [0.4, 0.5) is 27.5 Å². The standard InChI is InChI=1S/C25H25BrFN9O4/c1-34-20(24(35(38)39)33-25(34)40-4)13-36(2,3)9-5-6-22(37)32-21-11-16-19(12-28-21)29-14-30-23(16)31-15-7-8-18(27)17(26)10-15/h5-8,10-12,14H,9,13H2,1-4H3,(H-,28,29,30,31,32,37)/p+1/b6-5+. The molecule has 2 N–H and O–H groups in total. The molecule has 0 atom stereocenters. The van der Waals surface area contributed by atoms with Crippen LogP contribution in [0.5, 0.6) is 6.01 Å². The second-order valence-corrected chi connectivity index (χ2v) is 10.3. The molecular formula is C25H26BrFN9O4+. The number of nitrogens with zero attached hydrogens (tertiary/aromatic N) is 7. The molecule has 15 heteroatoms. The third-order valence-electron chi connectivity index (χ3n) is 5.91. The molecule has 1 amide bonds. The Balaban J connectivity index is 1.44. The Labute approximate surface area is 236 Å². The van der Waals surface area contributed by atoms with Crippen molar-refractivity contribution in [2.75, 3.05) is 38.4 Å². The van der Waals surface area contributed by atoms with Crippen molar-refractivity contribution in [2.24, 2.45) is 7.05 Å². The van der Waals surface area contributed by atoms with E-state index in [2.05, 4.69) is 46.5 Å². The van der Waals surface area contributed by atoms with E-state index in [1.54, 1.807) is 35.9 Å². The monoisotopic (exact) mass is 614 g/mol. The molecule has 0 saturated carbocycles. The van der Waals surface area contributed by atoms with Gasteiger partial charge in [-0.3, -0.25) is 9.36 Å². The van der Waals surface area contributed by atoms with E-state index in [0.717, 1.165) is 0 Å². The second-order valence-electron chi connectivity index (χ2n) is 9.42. The van der Waals surface area contributed by atoms with Crippen LogP contribution in [0.15, 0.2) is 53.4 Å². The molecule has 4 aromatic rings. The Bertz CT molecular complexity index is 1620. The molecule has 0 bridgehead atoms. The summed E-state index contributed by atoms with van der Waals surface area (Å²) in [4.78, 5) is 40.2. The maximum atomic E-state index is 13.6. The van der Waals surface area contributed by atoms with Crippen molar-refractivity contribution in [3.05, 3.63) is 75.0 Å². The Morgan fingerprint density at radius 1 is 1.27 bits per heavy atom. The van der Waals surface area contributed by atoms with E-state index < -0.39 is 10.8 Å². The number of rotatable bonds is 10. The summed E-state index contributed by atoms with van der Waals surface area (Å²) in [6.07, 6.45) is 5.94. The summed E-state index contributed by atoms with van der Waals surface area (Å²) in [5.41, 5.74) is 1.56. The van der Waals surface area contributed by atoms with Crippen LogP contribution in [0.2, 0.25) is 0 Å². The van der Waals surface area contributed by atoms with Gasteiger partial charge in [-0.1, -0.05) is 0 Å². The number of hydrogen-bond donors (Lipinski definition) is 2. The number of quaternary nitrogens is 1. The number of anilines is 3. The number of carbonyl (C=O) groups excluding carboxylic acids is 1. The molecule has 0 radical (unpaired) electrons. The van der Waals surface area contributed by atoms with Crippen molar-refractivity contribution in [1.29, 1.82) is 0 Å². The number of ether oxygens (including phenoxy) is 1. The van der Waals surface area contributed by atoms with Crippen LogP contribution in [0, 0.1) is 15.9 Å². The van der Waals surface area contributed by atoms with Gasteiger partial charge in [-0.15, -0.1) is 0 Å². The molecule has 4 rings (SSSR count). The van der Waals surface area contributed by atoms with Crippen molar-refractivity contribution in [2.45, 2.75) is 6.54 Å². The predicted octanol–water partition coefficient (Wildman–Crippen LogP) is 4.09. The Kier molecular flexibility index (Phi) is 8.35. The van der Waals surface area contributed by atoms with Crippen LogP contribution in [0.25, 0.3) is 10.9 Å². The van der Waals surface area contributed by atoms with E-state index in [0.29, 0.717) is 43.6 Å². The van der Waals surface area contributed by atoms with Gasteiger partial charge in [0.05, 0.1) is 43.9 Å². The van der Waals surface area contributed by atoms with Crippen LogP contribution < -0.4 is 15.4 Å². The molecule has 3 heterocycles. The van der Waals surface area contributed by atoms with Gasteiger partial charge in [0, 0.05) is 29.2 Å². The molecule has 0 spiro atoms. The van der Waals surface area contributed by atoms with E-state index in [1.165, 1.54) is 31.8 Å². The maximum absolute atomic E-state index is 13.6. The number of benzene rings is 1. The molecule has 0 unspecified atom stereocenters. The first-order chi connectivity index (χ1) is 19.0. The summed E-state index contributed by atoms with van der Waals surface area (Å²) in [6, 6.07) is 6.27. The highest BCUT2D eigenvalue weighted by Gasteiger charge is 2.31. The number of nitro groups is 1. The number of methoxy groups -OCH3 is 1. The third-order valence-corrected chi connectivity index (χ3v) is 6.52. The topological polar surface area (TPSA) is 150 Å². The molecule has 3 aromatic heterocycles. The fraction of sp³-hybridized carbons (Fsp3) is 0.240. The lowest BCUT2D eigenvalue weighted by molar-refractivity contribution is -0.898. The number of halogens is 2. The molecule has 13 nitrogen and oxygen atoms in total. The van der Waals surface area contributed by atoms with Gasteiger partial charge in [0.15, 0.2) is 5.69 Å². The number of likely N-dealkylation sites (N-methyl/N-ethyl adjacent to an activating group) is 1. The van der Waals surface area contributed by atoms with Crippen molar-refractivity contribution >= 4 is 55.9 Å². The van der Waals surface area contributed by atoms with Crippen LogP contribution in [-0.4, -0.2) is 67.6 Å². The number of amides is 1. The van der Waals surface area contributed by atoms with E-state index in [1.807, 2.05) is 14.1 Å². The van der Waals surface area contributed by atoms with Crippen molar-refractivity contribution < 1.29 is 23.3 Å². The van der Waals surface area contributed by atoms with Crippen LogP contribution in [0.3, 0.4) is 0 Å². The fourth-order valence-corrected chi connectivity index (χ4v) is 4.30. The summed E-state index contributed by atoms with van der Waals surface area (Å²) < 4.78 is 20.9. The number of carbonyl (C=O) groups is 1. The van der Waals surface area contributed by atoms with E-state index in [9.17, 15) is 19.3 Å². The zero-order chi connectivity index (χ0) is 29.0. The summed E-state index contributed by atoms with van der Waals surface area (Å²) in [6.45, 7) is 0.681. The molecule has 0 aliphatic heterocycles. The molecular weight excluding hydrogens is 589 g/mol. The highest BCUT2D eigenvalue weighted by molar-refractivity contribution is 9.10. The van der Waals surface area contributed by atoms with E-state index in [-0.39, 0.29) is 30.0 Å². The molecule has 40 heavy (non-hydrogen) atoms. The van der Waals surface area contributed by atoms with Gasteiger partial charge < -0.3 is 30.0 Å². The van der Waals surface area contributed by atoms with Crippen molar-refractivity contribution in [3.8, 4) is 6.01 Å². The van der Waals surface area contributed by atoms with Crippen LogP contribution in [0.1, 0.15) is 5.69 Å². The SMILES string of the molecule is COc1nc([N+](=O)[O-])c(C[N+](C)(C)C/C=C/C(=O)Nc2cc3c(Nc4ccc(F)c(Br)c4)ncnc3cn2)n1C. The average Bonchev–Trinajstić information content (AvgIpc) is 3.21. The Morgan fingerprint density at radius 2 is 2.05 bits per heavy atom. The Morgan fingerprint density at radius 3 is 2.75 bits per heavy atom. The van der Waals surface area contributed by atoms with Crippen LogP contribution >= 0.6 is 15.9 Å². The maximum Gasteiger partial charge on any atom is 0.414 e. The summed E-state index contributed by atoms with van der Waals surface area (Å²) >= 11 is 3.16. The van der Waals surface area contributed by atoms with Gasteiger partial charge in [-0.2, -0.15) is 0 Å². The number of imidazole rings is 1. The molecule has 1 aromatic carbocycles. The fourth-order valence-electron chi connectivity index (χ4n) is 3.92. The number of fused-ring (bicyclic) bond motifs is 1. The first-order valence-electron chi connectivity index (χ1n) is 11.8. The number of nitrogens with one attached hydrogen (secondary N) is 2. The largest absolute Gasteiger partial charge is 0.449 e. The van der Waals surface area contributed by atoms with E-state index in [4.69, 9.17) is 4.74 Å². The number of pyridine rings is 1. The zero-order valence-corrected chi connectivity index (χ0v) is 23.6. The number of aromatic nitrogens is 5. The van der Waals surface area contributed by atoms with Gasteiger partial charge in [0.1, 0.15) is 30.3 Å². The predicted molar refractivity (Wildman–Crippen MR) is 150 cm³/mol. The lowest BCUT2D eigenvalue weighted by atomic mass is 10.2. The first kappa shape index (κ1) is 28.5. The van der Waals surface area contributed by atoms with Gasteiger partial charge in [0.2, 0.25) is 5.91 Å². The third kappa shape index (κ3) is 6.55. The normalized spacial score (nSPS) is 11.7. The zero-order valence-electron chi connectivity index (χ0n) is 22.1. The van der Waals surface area contributed by atoms with Crippen molar-refractivity contribution in [3.63, 3.8) is 0 Å². The van der Waals surface area contributed by atoms with Crippen LogP contribution in [-0.2, 0) is 18.4 Å². The first-order valence-corrected chi connectivity index (χ1v) is 12.6. The average molecular weight is 615 g/mol. The molecule has 0 fully saturated rings. The summed E-state index contributed by atoms with van der Waals surface area (Å²) in [5.74, 6) is -0.321. The molecule has 0 saturated heterocycles. The minimum atomic E-state index is -0.539. The van der Waals surface area contributed by atoms with Gasteiger partial charge >= 0.3 is 11.8 Å². The van der Waals surface area contributed by atoms with Gasteiger partial charge in [-0.05, 0) is 51.2 Å². The Hall–Kier alpha value is -4.50. The highest BCUT2D eigenvalue weighted by atomic mass is 79.9. The number of hydrogen-bond acceptors (Lipinski definition) is 9. The lowest BCUT2D eigenvalue weighted by Crippen LogP contribution is -2.39. The highest BCUT2D eigenvalue weighted by Crippen LogP contribution is 2.28. The quantitative estimate of drug-likeness (QED) is 0.116. The molecule has 208 valence electrons. The molecule has 0 aliphatic rings. The van der Waals surface area contributed by atoms with E-state index >= 15 is 0 Å². The molecule has 0 aliphatic carbocycles. The summed E-state index contributed by atoms with van der Waals surface area (Å²) in [7, 11) is 6.81. The minimum Gasteiger partial charge on any atom is -0.449 e. The summed E-state index contributed by atoms with van der Waals surface area (Å²) in [5, 5.41) is 17.9. The van der Waals surface area contributed by atoms with Crippen molar-refractivity contribution in [1.82, 2.24) is 24.5 Å². The second kappa shape index (κ2) is 11.7. The minimum absolute atomic E-state index is 0.147. The van der Waals surface area contributed by atoms with Gasteiger partial charge in [0.25, 0.3) is 0 Å². The smallest absolute Gasteiger partial charge is 0.414 e. The van der Waals surface area contributed by atoms with Gasteiger partial charge in [-0.25, -0.2) is 19.3 Å². The lowest BCUT2D eigenvalue weighted by Gasteiger charge is -2.27.